The van der Waals surface area contributed by atoms with E-state index >= 15 is 0 Å². The summed E-state index contributed by atoms with van der Waals surface area (Å²) < 4.78 is 22.1. The molecular formula is C18H14ClFN2O3S. The van der Waals surface area contributed by atoms with Crippen LogP contribution >= 0.6 is 24.0 Å². The number of anilines is 1. The lowest BCUT2D eigenvalue weighted by Gasteiger charge is -2.09. The summed E-state index contributed by atoms with van der Waals surface area (Å²) in [5, 5.41) is 3.40. The number of benzene rings is 2. The van der Waals surface area contributed by atoms with Gasteiger partial charge in [0.1, 0.15) is 5.69 Å². The predicted octanol–water partition coefficient (Wildman–Crippen LogP) is 5.51. The fourth-order valence-electron chi connectivity index (χ4n) is 2.38. The van der Waals surface area contributed by atoms with Crippen molar-refractivity contribution in [3.05, 3.63) is 65.4 Å². The van der Waals surface area contributed by atoms with Crippen LogP contribution < -0.4 is 14.2 Å². The number of halogens is 2. The highest BCUT2D eigenvalue weighted by Gasteiger charge is 2.12. The van der Waals surface area contributed by atoms with Crippen LogP contribution in [0.2, 0.25) is 5.02 Å². The first-order chi connectivity index (χ1) is 12.6. The van der Waals surface area contributed by atoms with E-state index in [1.807, 2.05) is 12.1 Å². The number of ether oxygens (including phenoxy) is 1. The van der Waals surface area contributed by atoms with Crippen molar-refractivity contribution in [2.24, 2.45) is 0 Å². The highest BCUT2D eigenvalue weighted by atomic mass is 35.5. The quantitative estimate of drug-likeness (QED) is 0.543. The minimum atomic E-state index is -0.319. The summed E-state index contributed by atoms with van der Waals surface area (Å²) in [7, 11) is 1.43. The smallest absolute Gasteiger partial charge is 0.272 e. The molecule has 2 N–H and O–H groups in total. The maximum Gasteiger partial charge on any atom is 0.272 e. The molecule has 0 aliphatic rings. The second kappa shape index (κ2) is 8.16. The molecule has 0 spiro atoms. The number of H-pyrrole nitrogens is 1. The Balaban J connectivity index is 1.75. The van der Waals surface area contributed by atoms with Crippen molar-refractivity contribution in [3.63, 3.8) is 0 Å². The molecule has 5 nitrogen and oxygen atoms in total. The van der Waals surface area contributed by atoms with Crippen LogP contribution in [0.25, 0.3) is 11.1 Å². The van der Waals surface area contributed by atoms with E-state index in [2.05, 4.69) is 10.3 Å². The fourth-order valence-corrected chi connectivity index (χ4v) is 2.71. The van der Waals surface area contributed by atoms with Crippen molar-refractivity contribution in [2.75, 3.05) is 12.4 Å². The summed E-state index contributed by atoms with van der Waals surface area (Å²) in [5.74, 6) is 0.213. The minimum Gasteiger partial charge on any atom is -0.493 e. The van der Waals surface area contributed by atoms with Crippen molar-refractivity contribution < 1.29 is 17.6 Å². The van der Waals surface area contributed by atoms with Gasteiger partial charge in [0.2, 0.25) is 0 Å². The molecule has 1 amide bonds. The Morgan fingerprint density at radius 2 is 1.88 bits per heavy atom. The third kappa shape index (κ3) is 4.12. The lowest BCUT2D eigenvalue weighted by molar-refractivity contribution is 0.102. The molecular weight excluding hydrogens is 379 g/mol. The van der Waals surface area contributed by atoms with Gasteiger partial charge in [-0.2, -0.15) is 0 Å². The van der Waals surface area contributed by atoms with Crippen LogP contribution in [0.1, 0.15) is 10.5 Å². The van der Waals surface area contributed by atoms with Crippen LogP contribution in [-0.4, -0.2) is 18.0 Å². The molecule has 0 unspecified atom stereocenters. The molecule has 0 radical (unpaired) electrons. The highest BCUT2D eigenvalue weighted by molar-refractivity contribution is 7.89. The van der Waals surface area contributed by atoms with Crippen molar-refractivity contribution in [1.29, 1.82) is 0 Å². The zero-order valence-electron chi connectivity index (χ0n) is 13.6. The molecule has 2 aromatic carbocycles. The minimum absolute atomic E-state index is 0.225. The molecule has 0 aliphatic heterocycles. The Morgan fingerprint density at radius 3 is 2.58 bits per heavy atom. The number of nitrogens with one attached hydrogen (secondary N) is 2. The normalized spacial score (nSPS) is 10.4. The summed E-state index contributed by atoms with van der Waals surface area (Å²) in [4.78, 5) is 15.4. The van der Waals surface area contributed by atoms with Crippen LogP contribution in [0.5, 0.6) is 11.5 Å². The molecule has 1 heterocycles. The molecule has 26 heavy (non-hydrogen) atoms. The van der Waals surface area contributed by atoms with Gasteiger partial charge in [-0.1, -0.05) is 23.7 Å². The van der Waals surface area contributed by atoms with E-state index in [0.29, 0.717) is 22.2 Å². The van der Waals surface area contributed by atoms with Crippen LogP contribution in [0.3, 0.4) is 0 Å². The van der Waals surface area contributed by atoms with Crippen molar-refractivity contribution >= 4 is 35.6 Å². The second-order valence-corrected chi connectivity index (χ2v) is 6.00. The van der Waals surface area contributed by atoms with E-state index in [4.69, 9.17) is 20.5 Å². The summed E-state index contributed by atoms with van der Waals surface area (Å²) in [6, 6.07) is 13.7. The molecule has 1 aromatic heterocycles. The van der Waals surface area contributed by atoms with Gasteiger partial charge in [0.15, 0.2) is 11.5 Å². The lowest BCUT2D eigenvalue weighted by Crippen LogP contribution is -2.12. The molecule has 3 aromatic rings. The Kier molecular flexibility index (Phi) is 5.70. The number of hydrogen-bond donors (Lipinski definition) is 2. The monoisotopic (exact) mass is 392 g/mol. The molecule has 0 aliphatic carbocycles. The van der Waals surface area contributed by atoms with Gasteiger partial charge in [0, 0.05) is 23.0 Å². The Morgan fingerprint density at radius 1 is 1.12 bits per heavy atom. The van der Waals surface area contributed by atoms with Crippen LogP contribution in [-0.2, 0) is 0 Å². The van der Waals surface area contributed by atoms with Gasteiger partial charge >= 0.3 is 0 Å². The zero-order valence-corrected chi connectivity index (χ0v) is 15.2. The van der Waals surface area contributed by atoms with Crippen molar-refractivity contribution in [1.82, 2.24) is 4.98 Å². The van der Waals surface area contributed by atoms with Gasteiger partial charge in [-0.15, -0.1) is 3.89 Å². The average molecular weight is 393 g/mol. The van der Waals surface area contributed by atoms with Crippen LogP contribution in [0, 0.1) is 0 Å². The Labute approximate surface area is 159 Å². The first kappa shape index (κ1) is 18.2. The Bertz CT molecular complexity index is 915. The topological polar surface area (TPSA) is 63.3 Å². The molecule has 3 rings (SSSR count). The summed E-state index contributed by atoms with van der Waals surface area (Å²) in [6.07, 6.45) is 1.74. The number of amides is 1. The number of aromatic amines is 1. The molecule has 0 saturated carbocycles. The van der Waals surface area contributed by atoms with Crippen molar-refractivity contribution in [2.45, 2.75) is 0 Å². The molecule has 8 heteroatoms. The largest absolute Gasteiger partial charge is 0.493 e. The van der Waals surface area contributed by atoms with Crippen LogP contribution in [0.4, 0.5) is 9.57 Å². The number of methoxy groups -OCH3 is 1. The summed E-state index contributed by atoms with van der Waals surface area (Å²) in [6.45, 7) is 0. The zero-order chi connectivity index (χ0) is 18.5. The first-order valence-electron chi connectivity index (χ1n) is 7.49. The summed E-state index contributed by atoms with van der Waals surface area (Å²) >= 11 is 5.61. The van der Waals surface area contributed by atoms with E-state index in [-0.39, 0.29) is 24.1 Å². The fraction of sp³-hybridized carbons (Fsp3) is 0.0556. The van der Waals surface area contributed by atoms with E-state index in [9.17, 15) is 8.68 Å². The standard InChI is InChI=1S/C18H14ClFN2O3S/c1-24-17-9-14(6-7-16(17)25-26-20)22-18(23)15-8-12(10-21-15)11-2-4-13(19)5-3-11/h2-10,21H,1H3,(H,22,23). The molecule has 0 bridgehead atoms. The molecule has 0 atom stereocenters. The number of carbonyl (C=O) groups is 1. The van der Waals surface area contributed by atoms with E-state index in [1.54, 1.807) is 36.5 Å². The van der Waals surface area contributed by atoms with Gasteiger partial charge in [-0.25, -0.2) is 0 Å². The maximum atomic E-state index is 12.4. The van der Waals surface area contributed by atoms with E-state index in [0.717, 1.165) is 11.1 Å². The lowest BCUT2D eigenvalue weighted by atomic mass is 10.1. The number of aromatic nitrogens is 1. The van der Waals surface area contributed by atoms with E-state index < -0.39 is 0 Å². The number of carbonyl (C=O) groups excluding carboxylic acids is 1. The third-order valence-corrected chi connectivity index (χ3v) is 4.14. The average Bonchev–Trinajstić information content (AvgIpc) is 3.14. The third-order valence-electron chi connectivity index (χ3n) is 3.65. The van der Waals surface area contributed by atoms with Gasteiger partial charge in [-0.3, -0.25) is 4.79 Å². The first-order valence-corrected chi connectivity index (χ1v) is 8.51. The number of rotatable bonds is 6. The highest BCUT2D eigenvalue weighted by Crippen LogP contribution is 2.33. The van der Waals surface area contributed by atoms with Gasteiger partial charge in [-0.05, 0) is 41.5 Å². The van der Waals surface area contributed by atoms with Gasteiger partial charge < -0.3 is 19.2 Å². The predicted molar refractivity (Wildman–Crippen MR) is 102 cm³/mol. The van der Waals surface area contributed by atoms with Crippen LogP contribution in [0.15, 0.2) is 54.7 Å². The molecule has 0 saturated heterocycles. The molecule has 0 fully saturated rings. The maximum absolute atomic E-state index is 12.4. The van der Waals surface area contributed by atoms with Gasteiger partial charge in [0.05, 0.1) is 7.11 Å². The van der Waals surface area contributed by atoms with E-state index in [1.165, 1.54) is 13.2 Å². The SMILES string of the molecule is COc1cc(NC(=O)c2cc(-c3ccc(Cl)cc3)c[nH]2)ccc1OSF. The second-order valence-electron chi connectivity index (χ2n) is 5.28. The Hall–Kier alpha value is -2.64. The summed E-state index contributed by atoms with van der Waals surface area (Å²) in [5.41, 5.74) is 2.70. The van der Waals surface area contributed by atoms with Crippen molar-refractivity contribution in [3.8, 4) is 22.6 Å². The molecule has 134 valence electrons. The number of hydrogen-bond acceptors (Lipinski definition) is 4. The van der Waals surface area contributed by atoms with Gasteiger partial charge in [0.25, 0.3) is 18.3 Å².